The number of carbonyl (C=O) groups excluding carboxylic acids is 1. The van der Waals surface area contributed by atoms with E-state index in [9.17, 15) is 4.79 Å². The number of carbonyl (C=O) groups is 1. The number of aryl methyl sites for hydroxylation is 1. The van der Waals surface area contributed by atoms with Crippen molar-refractivity contribution in [2.45, 2.75) is 13.8 Å². The second kappa shape index (κ2) is 8.10. The highest BCUT2D eigenvalue weighted by atomic mass is 16.5. The Bertz CT molecular complexity index is 763. The molecule has 2 aromatic rings. The van der Waals surface area contributed by atoms with Gasteiger partial charge in [-0.05, 0) is 38.1 Å². The normalized spacial score (nSPS) is 17.4. The Morgan fingerprint density at radius 2 is 2.04 bits per heavy atom. The summed E-state index contributed by atoms with van der Waals surface area (Å²) in [5.74, 6) is 1.39. The van der Waals surface area contributed by atoms with Crippen LogP contribution in [0.15, 0.2) is 22.6 Å². The lowest BCUT2D eigenvalue weighted by Crippen LogP contribution is -2.46. The molecule has 1 fully saturated rings. The zero-order chi connectivity index (χ0) is 18.7. The first-order chi connectivity index (χ1) is 12.5. The number of amides is 1. The van der Waals surface area contributed by atoms with Crippen LogP contribution in [-0.4, -0.2) is 69.1 Å². The van der Waals surface area contributed by atoms with Gasteiger partial charge in [-0.3, -0.25) is 4.79 Å². The van der Waals surface area contributed by atoms with Crippen molar-refractivity contribution >= 4 is 16.9 Å². The zero-order valence-corrected chi connectivity index (χ0v) is 16.2. The van der Waals surface area contributed by atoms with Crippen LogP contribution in [0.1, 0.15) is 23.0 Å². The van der Waals surface area contributed by atoms with Crippen molar-refractivity contribution in [1.82, 2.24) is 15.1 Å². The Morgan fingerprint density at radius 1 is 1.31 bits per heavy atom. The van der Waals surface area contributed by atoms with Gasteiger partial charge in [0.1, 0.15) is 11.3 Å². The number of piperazine rings is 1. The van der Waals surface area contributed by atoms with Crippen LogP contribution in [0.5, 0.6) is 5.75 Å². The maximum atomic E-state index is 12.6. The van der Waals surface area contributed by atoms with Crippen LogP contribution in [0.3, 0.4) is 0 Å². The molecule has 6 heteroatoms. The molecule has 6 nitrogen and oxygen atoms in total. The molecule has 1 unspecified atom stereocenters. The van der Waals surface area contributed by atoms with Crippen molar-refractivity contribution in [3.05, 3.63) is 29.5 Å². The van der Waals surface area contributed by atoms with E-state index in [2.05, 4.69) is 29.1 Å². The summed E-state index contributed by atoms with van der Waals surface area (Å²) in [6, 6.07) is 5.58. The largest absolute Gasteiger partial charge is 0.497 e. The molecular weight excluding hydrogens is 330 g/mol. The summed E-state index contributed by atoms with van der Waals surface area (Å²) in [7, 11) is 3.79. The van der Waals surface area contributed by atoms with Crippen LogP contribution in [0, 0.1) is 12.8 Å². The summed E-state index contributed by atoms with van der Waals surface area (Å²) in [6.45, 7) is 10.2. The molecule has 1 N–H and O–H groups in total. The number of hydrogen-bond donors (Lipinski definition) is 1. The lowest BCUT2D eigenvalue weighted by atomic mass is 10.1. The van der Waals surface area contributed by atoms with E-state index < -0.39 is 0 Å². The molecule has 0 aliphatic carbocycles. The molecule has 0 bridgehead atoms. The van der Waals surface area contributed by atoms with Gasteiger partial charge in [0.2, 0.25) is 0 Å². The maximum Gasteiger partial charge on any atom is 0.287 e. The molecule has 142 valence electrons. The Morgan fingerprint density at radius 3 is 2.73 bits per heavy atom. The van der Waals surface area contributed by atoms with E-state index >= 15 is 0 Å². The van der Waals surface area contributed by atoms with Gasteiger partial charge in [-0.15, -0.1) is 0 Å². The van der Waals surface area contributed by atoms with Gasteiger partial charge in [0.05, 0.1) is 7.11 Å². The monoisotopic (exact) mass is 359 g/mol. The summed E-state index contributed by atoms with van der Waals surface area (Å²) in [5.41, 5.74) is 1.56. The van der Waals surface area contributed by atoms with Crippen LogP contribution in [0.25, 0.3) is 11.0 Å². The lowest BCUT2D eigenvalue weighted by molar-refractivity contribution is 0.0911. The first kappa shape index (κ1) is 18.7. The molecule has 0 radical (unpaired) electrons. The van der Waals surface area contributed by atoms with Crippen LogP contribution in [0.4, 0.5) is 0 Å². The Labute approximate surface area is 155 Å². The third-order valence-corrected chi connectivity index (χ3v) is 5.13. The predicted molar refractivity (Wildman–Crippen MR) is 103 cm³/mol. The molecule has 1 saturated heterocycles. The Kier molecular flexibility index (Phi) is 5.84. The van der Waals surface area contributed by atoms with Crippen LogP contribution >= 0.6 is 0 Å². The molecule has 0 spiro atoms. The van der Waals surface area contributed by atoms with Crippen LogP contribution in [-0.2, 0) is 0 Å². The minimum atomic E-state index is -0.150. The van der Waals surface area contributed by atoms with Gasteiger partial charge >= 0.3 is 0 Å². The SMILES string of the molecule is COc1ccc2oc(C(=O)NCC(C)CN3CCN(C)CC3)c(C)c2c1. The number of methoxy groups -OCH3 is 1. The third-order valence-electron chi connectivity index (χ3n) is 5.13. The number of nitrogens with zero attached hydrogens (tertiary/aromatic N) is 2. The van der Waals surface area contributed by atoms with Crippen molar-refractivity contribution < 1.29 is 13.9 Å². The molecule has 0 saturated carbocycles. The number of likely N-dealkylation sites (N-methyl/N-ethyl adjacent to an activating group) is 1. The molecule has 3 rings (SSSR count). The Balaban J connectivity index is 1.58. The van der Waals surface area contributed by atoms with Gasteiger partial charge in [0.25, 0.3) is 5.91 Å². The summed E-state index contributed by atoms with van der Waals surface area (Å²) in [5, 5.41) is 3.94. The summed E-state index contributed by atoms with van der Waals surface area (Å²) >= 11 is 0. The summed E-state index contributed by atoms with van der Waals surface area (Å²) < 4.78 is 11.0. The molecule has 2 heterocycles. The van der Waals surface area contributed by atoms with Gasteiger partial charge in [-0.2, -0.15) is 0 Å². The zero-order valence-electron chi connectivity index (χ0n) is 16.2. The van der Waals surface area contributed by atoms with Crippen molar-refractivity contribution in [2.75, 3.05) is 53.4 Å². The molecule has 1 aromatic carbocycles. The van der Waals surface area contributed by atoms with E-state index in [0.717, 1.165) is 49.4 Å². The molecular formula is C20H29N3O3. The number of ether oxygens (including phenoxy) is 1. The van der Waals surface area contributed by atoms with Crippen LogP contribution in [0.2, 0.25) is 0 Å². The van der Waals surface area contributed by atoms with E-state index in [-0.39, 0.29) is 5.91 Å². The fourth-order valence-corrected chi connectivity index (χ4v) is 3.43. The van der Waals surface area contributed by atoms with E-state index in [0.29, 0.717) is 23.8 Å². The third kappa shape index (κ3) is 4.19. The lowest BCUT2D eigenvalue weighted by Gasteiger charge is -2.33. The van der Waals surface area contributed by atoms with E-state index in [1.807, 2.05) is 25.1 Å². The second-order valence-corrected chi connectivity index (χ2v) is 7.34. The second-order valence-electron chi connectivity index (χ2n) is 7.34. The van der Waals surface area contributed by atoms with Gasteiger partial charge in [-0.25, -0.2) is 0 Å². The minimum Gasteiger partial charge on any atom is -0.497 e. The fraction of sp³-hybridized carbons (Fsp3) is 0.550. The van der Waals surface area contributed by atoms with Gasteiger partial charge < -0.3 is 24.3 Å². The van der Waals surface area contributed by atoms with Crippen molar-refractivity contribution in [3.8, 4) is 5.75 Å². The number of benzene rings is 1. The standard InChI is InChI=1S/C20H29N3O3/c1-14(13-23-9-7-22(3)8-10-23)12-21-20(24)19-15(2)17-11-16(25-4)5-6-18(17)26-19/h5-6,11,14H,7-10,12-13H2,1-4H3,(H,21,24). The van der Waals surface area contributed by atoms with Crippen molar-refractivity contribution in [1.29, 1.82) is 0 Å². The highest BCUT2D eigenvalue weighted by Gasteiger charge is 2.20. The van der Waals surface area contributed by atoms with Crippen molar-refractivity contribution in [3.63, 3.8) is 0 Å². The van der Waals surface area contributed by atoms with E-state index in [1.54, 1.807) is 7.11 Å². The number of nitrogens with one attached hydrogen (secondary N) is 1. The molecule has 1 atom stereocenters. The maximum absolute atomic E-state index is 12.6. The van der Waals surface area contributed by atoms with Gasteiger partial charge in [-0.1, -0.05) is 6.92 Å². The van der Waals surface area contributed by atoms with Gasteiger partial charge in [0.15, 0.2) is 5.76 Å². The topological polar surface area (TPSA) is 58.0 Å². The number of hydrogen-bond acceptors (Lipinski definition) is 5. The number of rotatable bonds is 6. The molecule has 1 aromatic heterocycles. The van der Waals surface area contributed by atoms with E-state index in [1.165, 1.54) is 0 Å². The number of furan rings is 1. The van der Waals surface area contributed by atoms with Crippen molar-refractivity contribution in [2.24, 2.45) is 5.92 Å². The molecule has 1 amide bonds. The average Bonchev–Trinajstić information content (AvgIpc) is 2.98. The molecule has 1 aliphatic rings. The quantitative estimate of drug-likeness (QED) is 0.858. The molecule has 26 heavy (non-hydrogen) atoms. The van der Waals surface area contributed by atoms with Gasteiger partial charge in [0, 0.05) is 50.2 Å². The first-order valence-electron chi connectivity index (χ1n) is 9.24. The molecule has 1 aliphatic heterocycles. The van der Waals surface area contributed by atoms with E-state index in [4.69, 9.17) is 9.15 Å². The van der Waals surface area contributed by atoms with Crippen LogP contribution < -0.4 is 10.1 Å². The first-order valence-corrected chi connectivity index (χ1v) is 9.24. The smallest absolute Gasteiger partial charge is 0.287 e. The average molecular weight is 359 g/mol. The highest BCUT2D eigenvalue weighted by molar-refractivity contribution is 5.99. The highest BCUT2D eigenvalue weighted by Crippen LogP contribution is 2.28. The fourth-order valence-electron chi connectivity index (χ4n) is 3.43. The predicted octanol–water partition coefficient (Wildman–Crippen LogP) is 2.36. The summed E-state index contributed by atoms with van der Waals surface area (Å²) in [4.78, 5) is 17.4. The Hall–Kier alpha value is -2.05. The number of fused-ring (bicyclic) bond motifs is 1. The minimum absolute atomic E-state index is 0.150. The summed E-state index contributed by atoms with van der Waals surface area (Å²) in [6.07, 6.45) is 0.